The lowest BCUT2D eigenvalue weighted by Crippen LogP contribution is -2.21. The van der Waals surface area contributed by atoms with Gasteiger partial charge in [-0.15, -0.1) is 0 Å². The number of aliphatic imine (C=N–C) groups is 2. The Bertz CT molecular complexity index is 327. The predicted molar refractivity (Wildman–Crippen MR) is 73.2 cm³/mol. The molecule has 2 aliphatic rings. The molecule has 0 bridgehead atoms. The largest absolute Gasteiger partial charge is 0.478 e. The van der Waals surface area contributed by atoms with Gasteiger partial charge in [0.05, 0.1) is 12.1 Å². The van der Waals surface area contributed by atoms with Gasteiger partial charge in [-0.2, -0.15) is 0 Å². The molecule has 0 N–H and O–H groups in total. The molecule has 0 unspecified atom stereocenters. The lowest BCUT2D eigenvalue weighted by Gasteiger charge is -2.10. The van der Waals surface area contributed by atoms with Crippen LogP contribution in [-0.2, 0) is 9.47 Å². The van der Waals surface area contributed by atoms with Crippen molar-refractivity contribution in [1.29, 1.82) is 0 Å². The van der Waals surface area contributed by atoms with Crippen LogP contribution in [0.1, 0.15) is 34.6 Å². The SMILES string of the molecule is CC(C1=N[C@H](C(C)C)CO1)C1=N[C@H](C(C)C)CO1. The highest BCUT2D eigenvalue weighted by Crippen LogP contribution is 2.22. The molecule has 2 rings (SSSR count). The van der Waals surface area contributed by atoms with Gasteiger partial charge in [0.15, 0.2) is 11.8 Å². The maximum atomic E-state index is 5.69. The van der Waals surface area contributed by atoms with E-state index in [2.05, 4.69) is 44.6 Å². The molecule has 0 aliphatic carbocycles. The lowest BCUT2D eigenvalue weighted by atomic mass is 10.1. The summed E-state index contributed by atoms with van der Waals surface area (Å²) in [7, 11) is 0. The number of nitrogens with zero attached hydrogens (tertiary/aromatic N) is 2. The van der Waals surface area contributed by atoms with Crippen molar-refractivity contribution in [3.05, 3.63) is 0 Å². The summed E-state index contributed by atoms with van der Waals surface area (Å²) in [5.74, 6) is 2.67. The van der Waals surface area contributed by atoms with E-state index in [0.717, 1.165) is 11.8 Å². The van der Waals surface area contributed by atoms with E-state index >= 15 is 0 Å². The molecule has 0 radical (unpaired) electrons. The summed E-state index contributed by atoms with van der Waals surface area (Å²) < 4.78 is 11.4. The smallest absolute Gasteiger partial charge is 0.196 e. The van der Waals surface area contributed by atoms with E-state index in [1.54, 1.807) is 0 Å². The third kappa shape index (κ3) is 2.68. The van der Waals surface area contributed by atoms with Crippen LogP contribution < -0.4 is 0 Å². The van der Waals surface area contributed by atoms with Crippen LogP contribution in [-0.4, -0.2) is 37.1 Å². The Hall–Kier alpha value is -1.06. The molecule has 0 saturated carbocycles. The third-order valence-electron chi connectivity index (χ3n) is 3.67. The first-order valence-electron chi connectivity index (χ1n) is 6.90. The standard InChI is InChI=1S/C14H24N2O2/c1-8(2)11-6-17-13(15-11)10(5)14-16-12(7-18-14)9(3)4/h8-12H,6-7H2,1-5H3/t11-,12-/m0/s1. The van der Waals surface area contributed by atoms with Crippen LogP contribution in [0, 0.1) is 17.8 Å². The fraction of sp³-hybridized carbons (Fsp3) is 0.857. The highest BCUT2D eigenvalue weighted by Gasteiger charge is 2.32. The minimum absolute atomic E-state index is 0.0532. The molecule has 0 spiro atoms. The average Bonchev–Trinajstić information content (AvgIpc) is 2.97. The first-order chi connectivity index (χ1) is 8.49. The van der Waals surface area contributed by atoms with E-state index in [1.807, 2.05) is 0 Å². The molecule has 0 aromatic carbocycles. The molecule has 0 amide bonds. The summed E-state index contributed by atoms with van der Waals surface area (Å²) in [6.45, 7) is 12.1. The Morgan fingerprint density at radius 1 is 0.833 bits per heavy atom. The molecule has 2 atom stereocenters. The second kappa shape index (κ2) is 5.29. The zero-order chi connectivity index (χ0) is 13.3. The maximum Gasteiger partial charge on any atom is 0.196 e. The van der Waals surface area contributed by atoms with Crippen LogP contribution in [0.2, 0.25) is 0 Å². The molecular weight excluding hydrogens is 228 g/mol. The zero-order valence-corrected chi connectivity index (χ0v) is 12.0. The van der Waals surface area contributed by atoms with Crippen LogP contribution in [0.4, 0.5) is 0 Å². The Morgan fingerprint density at radius 2 is 1.22 bits per heavy atom. The summed E-state index contributed by atoms with van der Waals surface area (Å²) in [5.41, 5.74) is 0. The van der Waals surface area contributed by atoms with Gasteiger partial charge in [0.1, 0.15) is 19.1 Å². The normalized spacial score (nSPS) is 27.6. The molecule has 0 aromatic rings. The van der Waals surface area contributed by atoms with Crippen LogP contribution in [0.25, 0.3) is 0 Å². The van der Waals surface area contributed by atoms with Crippen LogP contribution in [0.3, 0.4) is 0 Å². The monoisotopic (exact) mass is 252 g/mol. The molecule has 2 heterocycles. The van der Waals surface area contributed by atoms with Gasteiger partial charge >= 0.3 is 0 Å². The number of hydrogen-bond acceptors (Lipinski definition) is 4. The van der Waals surface area contributed by atoms with Crippen molar-refractivity contribution >= 4 is 11.8 Å². The topological polar surface area (TPSA) is 43.2 Å². The van der Waals surface area contributed by atoms with Gasteiger partial charge in [0.25, 0.3) is 0 Å². The molecule has 4 nitrogen and oxygen atoms in total. The van der Waals surface area contributed by atoms with Gasteiger partial charge in [0.2, 0.25) is 0 Å². The summed E-state index contributed by atoms with van der Waals surface area (Å²) in [5, 5.41) is 0. The molecule has 0 aromatic heterocycles. The molecular formula is C14H24N2O2. The minimum Gasteiger partial charge on any atom is -0.478 e. The first kappa shape index (κ1) is 13.4. The van der Waals surface area contributed by atoms with Crippen LogP contribution in [0.15, 0.2) is 9.98 Å². The minimum atomic E-state index is 0.0532. The fourth-order valence-corrected chi connectivity index (χ4v) is 2.08. The Morgan fingerprint density at radius 3 is 1.50 bits per heavy atom. The van der Waals surface area contributed by atoms with Crippen molar-refractivity contribution in [2.45, 2.75) is 46.7 Å². The van der Waals surface area contributed by atoms with Crippen molar-refractivity contribution in [2.75, 3.05) is 13.2 Å². The Labute approximate surface area is 109 Å². The molecule has 0 saturated heterocycles. The van der Waals surface area contributed by atoms with E-state index in [1.165, 1.54) is 0 Å². The van der Waals surface area contributed by atoms with Crippen molar-refractivity contribution in [3.8, 4) is 0 Å². The van der Waals surface area contributed by atoms with Crippen LogP contribution in [0.5, 0.6) is 0 Å². The highest BCUT2D eigenvalue weighted by atomic mass is 16.5. The predicted octanol–water partition coefficient (Wildman–Crippen LogP) is 2.53. The van der Waals surface area contributed by atoms with Crippen molar-refractivity contribution in [1.82, 2.24) is 0 Å². The highest BCUT2D eigenvalue weighted by molar-refractivity contribution is 6.01. The third-order valence-corrected chi connectivity index (χ3v) is 3.67. The van der Waals surface area contributed by atoms with Gasteiger partial charge in [-0.25, -0.2) is 9.98 Å². The maximum absolute atomic E-state index is 5.69. The van der Waals surface area contributed by atoms with Crippen LogP contribution >= 0.6 is 0 Å². The zero-order valence-electron chi connectivity index (χ0n) is 12.0. The van der Waals surface area contributed by atoms with E-state index in [0.29, 0.717) is 25.0 Å². The first-order valence-corrected chi connectivity index (χ1v) is 6.90. The van der Waals surface area contributed by atoms with Gasteiger partial charge in [-0.05, 0) is 18.8 Å². The lowest BCUT2D eigenvalue weighted by molar-refractivity contribution is 0.267. The summed E-state index contributed by atoms with van der Waals surface area (Å²) in [6.07, 6.45) is 0. The summed E-state index contributed by atoms with van der Waals surface area (Å²) in [4.78, 5) is 9.27. The van der Waals surface area contributed by atoms with E-state index in [9.17, 15) is 0 Å². The average molecular weight is 252 g/mol. The van der Waals surface area contributed by atoms with Crippen molar-refractivity contribution < 1.29 is 9.47 Å². The van der Waals surface area contributed by atoms with Gasteiger partial charge in [0, 0.05) is 0 Å². The van der Waals surface area contributed by atoms with Gasteiger partial charge in [-0.1, -0.05) is 27.7 Å². The van der Waals surface area contributed by atoms with Gasteiger partial charge in [-0.3, -0.25) is 0 Å². The second-order valence-corrected chi connectivity index (χ2v) is 5.90. The molecule has 2 aliphatic heterocycles. The molecule has 102 valence electrons. The fourth-order valence-electron chi connectivity index (χ4n) is 2.08. The molecule has 4 heteroatoms. The number of ether oxygens (including phenoxy) is 2. The number of rotatable bonds is 4. The van der Waals surface area contributed by atoms with Gasteiger partial charge < -0.3 is 9.47 Å². The van der Waals surface area contributed by atoms with Crippen molar-refractivity contribution in [2.24, 2.45) is 27.7 Å². The van der Waals surface area contributed by atoms with E-state index in [-0.39, 0.29) is 18.0 Å². The second-order valence-electron chi connectivity index (χ2n) is 5.90. The Kier molecular flexibility index (Phi) is 3.93. The quantitative estimate of drug-likeness (QED) is 0.771. The van der Waals surface area contributed by atoms with E-state index in [4.69, 9.17) is 9.47 Å². The van der Waals surface area contributed by atoms with Crippen molar-refractivity contribution in [3.63, 3.8) is 0 Å². The van der Waals surface area contributed by atoms with E-state index < -0.39 is 0 Å². The molecule has 0 fully saturated rings. The molecule has 18 heavy (non-hydrogen) atoms. The number of hydrogen-bond donors (Lipinski definition) is 0. The Balaban J connectivity index is 2.03. The summed E-state index contributed by atoms with van der Waals surface area (Å²) >= 11 is 0. The summed E-state index contributed by atoms with van der Waals surface area (Å²) in [6, 6.07) is 0.565.